The number of hydrogen-bond acceptors (Lipinski definition) is 5. The second kappa shape index (κ2) is 12.8. The largest absolute Gasteiger partial charge is 0.365 e. The molecule has 0 saturated carbocycles. The minimum atomic E-state index is -0.565. The monoisotopic (exact) mass is 447 g/mol. The molecule has 0 fully saturated rings. The Morgan fingerprint density at radius 2 is 1.72 bits per heavy atom. The summed E-state index contributed by atoms with van der Waals surface area (Å²) in [7, 11) is 0. The molecular formula is C27H29NO3S. The molecule has 0 spiro atoms. The number of carbonyl (C=O) groups excluding carboxylic acids is 2. The molecule has 0 aliphatic heterocycles. The van der Waals surface area contributed by atoms with Crippen LogP contribution in [0.4, 0.5) is 0 Å². The van der Waals surface area contributed by atoms with E-state index in [2.05, 4.69) is 30.3 Å². The molecule has 0 aromatic heterocycles. The SMILES string of the molecule is CCCCCCC(=NOC(=O)c1ccccc1)C(=O)c1ccc(SC2=CCCC=C2)cc1. The molecule has 0 amide bonds. The van der Waals surface area contributed by atoms with E-state index < -0.39 is 5.97 Å². The van der Waals surface area contributed by atoms with Crippen LogP contribution < -0.4 is 0 Å². The molecule has 0 saturated heterocycles. The van der Waals surface area contributed by atoms with Gasteiger partial charge in [-0.3, -0.25) is 4.79 Å². The Bertz CT molecular complexity index is 991. The van der Waals surface area contributed by atoms with Gasteiger partial charge in [0, 0.05) is 15.4 Å². The van der Waals surface area contributed by atoms with Crippen molar-refractivity contribution in [2.75, 3.05) is 0 Å². The van der Waals surface area contributed by atoms with E-state index in [0.717, 1.165) is 43.4 Å². The molecule has 5 heteroatoms. The summed E-state index contributed by atoms with van der Waals surface area (Å²) in [4.78, 5) is 32.8. The number of thioether (sulfide) groups is 1. The van der Waals surface area contributed by atoms with Gasteiger partial charge in [-0.25, -0.2) is 4.79 Å². The van der Waals surface area contributed by atoms with Crippen LogP contribution in [0.15, 0.2) is 87.8 Å². The lowest BCUT2D eigenvalue weighted by Crippen LogP contribution is -2.16. The molecule has 1 aliphatic carbocycles. The standard InChI is InChI=1S/C27H29NO3S/c1-2-3-4-11-16-25(28-31-27(30)22-12-7-5-8-13-22)26(29)21-17-19-24(20-18-21)32-23-14-9-6-10-15-23/h5,7-9,12-15,17-20H,2-4,6,10-11,16H2,1H3. The Hall–Kier alpha value is -2.92. The lowest BCUT2D eigenvalue weighted by Gasteiger charge is -2.08. The zero-order chi connectivity index (χ0) is 22.6. The molecule has 4 nitrogen and oxygen atoms in total. The predicted octanol–water partition coefficient (Wildman–Crippen LogP) is 7.38. The van der Waals surface area contributed by atoms with Crippen molar-refractivity contribution in [1.82, 2.24) is 0 Å². The first-order chi connectivity index (χ1) is 15.7. The molecule has 0 heterocycles. The van der Waals surface area contributed by atoms with E-state index in [9.17, 15) is 9.59 Å². The molecule has 2 aromatic carbocycles. The third kappa shape index (κ3) is 7.34. The summed E-state index contributed by atoms with van der Waals surface area (Å²) in [5, 5.41) is 3.98. The van der Waals surface area contributed by atoms with E-state index in [1.807, 2.05) is 30.3 Å². The first-order valence-corrected chi connectivity index (χ1v) is 12.0. The number of rotatable bonds is 11. The van der Waals surface area contributed by atoms with Crippen LogP contribution >= 0.6 is 11.8 Å². The lowest BCUT2D eigenvalue weighted by atomic mass is 10.0. The van der Waals surface area contributed by atoms with Crippen molar-refractivity contribution >= 4 is 29.2 Å². The van der Waals surface area contributed by atoms with E-state index in [0.29, 0.717) is 17.5 Å². The van der Waals surface area contributed by atoms with E-state index >= 15 is 0 Å². The molecule has 32 heavy (non-hydrogen) atoms. The Balaban J connectivity index is 1.69. The summed E-state index contributed by atoms with van der Waals surface area (Å²) >= 11 is 1.69. The van der Waals surface area contributed by atoms with E-state index in [1.165, 1.54) is 4.91 Å². The number of ketones is 1. The Kier molecular flexibility index (Phi) is 9.51. The van der Waals surface area contributed by atoms with Gasteiger partial charge in [0.15, 0.2) is 0 Å². The van der Waals surface area contributed by atoms with E-state index in [4.69, 9.17) is 4.84 Å². The Morgan fingerprint density at radius 1 is 0.938 bits per heavy atom. The van der Waals surface area contributed by atoms with Crippen LogP contribution in [0.2, 0.25) is 0 Å². The molecule has 166 valence electrons. The number of benzene rings is 2. The topological polar surface area (TPSA) is 55.7 Å². The minimum absolute atomic E-state index is 0.198. The maximum atomic E-state index is 13.1. The highest BCUT2D eigenvalue weighted by Crippen LogP contribution is 2.30. The van der Waals surface area contributed by atoms with Crippen LogP contribution in [0.5, 0.6) is 0 Å². The number of oxime groups is 1. The van der Waals surface area contributed by atoms with Crippen molar-refractivity contribution in [1.29, 1.82) is 0 Å². The number of nitrogens with zero attached hydrogens (tertiary/aromatic N) is 1. The van der Waals surface area contributed by atoms with Gasteiger partial charge in [0.05, 0.1) is 5.56 Å². The summed E-state index contributed by atoms with van der Waals surface area (Å²) in [5.41, 5.74) is 1.23. The second-order valence-corrected chi connectivity index (χ2v) is 8.78. The highest BCUT2D eigenvalue weighted by Gasteiger charge is 2.17. The summed E-state index contributed by atoms with van der Waals surface area (Å²) in [6.45, 7) is 2.14. The molecule has 1 aliphatic rings. The zero-order valence-corrected chi connectivity index (χ0v) is 19.3. The fourth-order valence-corrected chi connectivity index (χ4v) is 4.20. The summed E-state index contributed by atoms with van der Waals surface area (Å²) in [6.07, 6.45) is 13.2. The molecule has 0 N–H and O–H groups in total. The molecular weight excluding hydrogens is 418 g/mol. The molecule has 0 atom stereocenters. The van der Waals surface area contributed by atoms with Gasteiger partial charge in [-0.05, 0) is 62.1 Å². The third-order valence-corrected chi connectivity index (χ3v) is 6.14. The Labute approximate surface area is 194 Å². The van der Waals surface area contributed by atoms with Crippen LogP contribution in [0, 0.1) is 0 Å². The second-order valence-electron chi connectivity index (χ2n) is 7.64. The number of Topliss-reactive ketones (excluding diaryl/α,β-unsaturated/α-hetero) is 1. The van der Waals surface area contributed by atoms with Crippen molar-refractivity contribution in [2.24, 2.45) is 5.16 Å². The number of unbranched alkanes of at least 4 members (excludes halogenated alkanes) is 3. The Morgan fingerprint density at radius 3 is 2.41 bits per heavy atom. The molecule has 2 aromatic rings. The summed E-state index contributed by atoms with van der Waals surface area (Å²) in [5.74, 6) is -0.763. The quantitative estimate of drug-likeness (QED) is 0.119. The van der Waals surface area contributed by atoms with Gasteiger partial charge < -0.3 is 4.84 Å². The summed E-state index contributed by atoms with van der Waals surface area (Å²) < 4.78 is 0. The van der Waals surface area contributed by atoms with Gasteiger partial charge >= 0.3 is 5.97 Å². The average Bonchev–Trinajstić information content (AvgIpc) is 2.84. The zero-order valence-electron chi connectivity index (χ0n) is 18.5. The normalized spacial score (nSPS) is 13.5. The van der Waals surface area contributed by atoms with Crippen LogP contribution in [-0.2, 0) is 4.84 Å². The van der Waals surface area contributed by atoms with Crippen LogP contribution in [-0.4, -0.2) is 17.5 Å². The molecule has 0 radical (unpaired) electrons. The smallest absolute Gasteiger partial charge is 0.312 e. The predicted molar refractivity (Wildman–Crippen MR) is 131 cm³/mol. The van der Waals surface area contributed by atoms with Crippen molar-refractivity contribution < 1.29 is 14.4 Å². The van der Waals surface area contributed by atoms with Gasteiger partial charge in [0.25, 0.3) is 0 Å². The number of hydrogen-bond donors (Lipinski definition) is 0. The van der Waals surface area contributed by atoms with Gasteiger partial charge in [-0.15, -0.1) is 0 Å². The first kappa shape index (κ1) is 23.7. The first-order valence-electron chi connectivity index (χ1n) is 11.2. The average molecular weight is 448 g/mol. The fourth-order valence-electron chi connectivity index (χ4n) is 3.29. The maximum absolute atomic E-state index is 13.1. The molecule has 3 rings (SSSR count). The maximum Gasteiger partial charge on any atom is 0.365 e. The third-order valence-electron chi connectivity index (χ3n) is 5.09. The highest BCUT2D eigenvalue weighted by atomic mass is 32.2. The van der Waals surface area contributed by atoms with E-state index in [-0.39, 0.29) is 11.5 Å². The number of carbonyl (C=O) groups is 2. The lowest BCUT2D eigenvalue weighted by molar-refractivity contribution is 0.0514. The fraction of sp³-hybridized carbons (Fsp3) is 0.296. The van der Waals surface area contributed by atoms with Crippen molar-refractivity contribution in [3.63, 3.8) is 0 Å². The molecule has 0 bridgehead atoms. The van der Waals surface area contributed by atoms with Gasteiger partial charge in [0.2, 0.25) is 5.78 Å². The van der Waals surface area contributed by atoms with Crippen molar-refractivity contribution in [3.05, 3.63) is 88.9 Å². The van der Waals surface area contributed by atoms with Crippen molar-refractivity contribution in [3.8, 4) is 0 Å². The van der Waals surface area contributed by atoms with Gasteiger partial charge in [0.1, 0.15) is 5.71 Å². The van der Waals surface area contributed by atoms with E-state index in [1.54, 1.807) is 36.0 Å². The van der Waals surface area contributed by atoms with Gasteiger partial charge in [-0.2, -0.15) is 0 Å². The van der Waals surface area contributed by atoms with Crippen LogP contribution in [0.1, 0.15) is 72.6 Å². The van der Waals surface area contributed by atoms with Gasteiger partial charge in [-0.1, -0.05) is 79.5 Å². The molecule has 0 unspecified atom stereocenters. The summed E-state index contributed by atoms with van der Waals surface area (Å²) in [6, 6.07) is 16.2. The highest BCUT2D eigenvalue weighted by molar-refractivity contribution is 8.03. The number of allylic oxidation sites excluding steroid dienone is 3. The van der Waals surface area contributed by atoms with Crippen LogP contribution in [0.25, 0.3) is 0 Å². The minimum Gasteiger partial charge on any atom is -0.312 e. The van der Waals surface area contributed by atoms with Crippen molar-refractivity contribution in [2.45, 2.75) is 56.8 Å². The van der Waals surface area contributed by atoms with Crippen LogP contribution in [0.3, 0.4) is 0 Å².